The first kappa shape index (κ1) is 9.00. The lowest BCUT2D eigenvalue weighted by molar-refractivity contribution is 0.350. The maximum atomic E-state index is 8.52. The van der Waals surface area contributed by atoms with Gasteiger partial charge in [-0.3, -0.25) is 0 Å². The zero-order chi connectivity index (χ0) is 9.97. The van der Waals surface area contributed by atoms with Crippen LogP contribution in [0.3, 0.4) is 0 Å². The number of aromatic nitrogens is 3. The molecule has 0 amide bonds. The summed E-state index contributed by atoms with van der Waals surface area (Å²) in [4.78, 5) is 10.8. The Morgan fingerprint density at radius 1 is 1.50 bits per heavy atom. The molecule has 5 heteroatoms. The van der Waals surface area contributed by atoms with Crippen LogP contribution in [0, 0.1) is 11.8 Å². The monoisotopic (exact) mass is 207 g/mol. The summed E-state index contributed by atoms with van der Waals surface area (Å²) in [6.07, 6.45) is 1.38. The van der Waals surface area contributed by atoms with E-state index in [1.54, 1.807) is 6.07 Å². The molecule has 0 aliphatic rings. The molecule has 0 saturated heterocycles. The number of aliphatic hydroxyl groups excluding tert-OH is 1. The summed E-state index contributed by atoms with van der Waals surface area (Å²) < 4.78 is 0. The van der Waals surface area contributed by atoms with Gasteiger partial charge in [0.25, 0.3) is 0 Å². The highest BCUT2D eigenvalue weighted by molar-refractivity contribution is 6.33. The molecule has 0 aromatic carbocycles. The van der Waals surface area contributed by atoms with Gasteiger partial charge in [-0.25, -0.2) is 9.97 Å². The van der Waals surface area contributed by atoms with Crippen LogP contribution < -0.4 is 0 Å². The lowest BCUT2D eigenvalue weighted by Gasteiger charge is -1.88. The molecule has 2 aromatic heterocycles. The van der Waals surface area contributed by atoms with Crippen molar-refractivity contribution in [3.05, 3.63) is 23.2 Å². The Bertz CT molecular complexity index is 524. The smallest absolute Gasteiger partial charge is 0.143 e. The van der Waals surface area contributed by atoms with Crippen molar-refractivity contribution in [1.29, 1.82) is 0 Å². The second-order valence-electron chi connectivity index (χ2n) is 2.57. The number of H-pyrrole nitrogens is 1. The topological polar surface area (TPSA) is 61.8 Å². The Kier molecular flexibility index (Phi) is 2.35. The number of hydrogen-bond acceptors (Lipinski definition) is 3. The van der Waals surface area contributed by atoms with Crippen molar-refractivity contribution in [2.24, 2.45) is 0 Å². The van der Waals surface area contributed by atoms with Gasteiger partial charge in [0.15, 0.2) is 0 Å². The van der Waals surface area contributed by atoms with E-state index in [0.717, 1.165) is 5.39 Å². The summed E-state index contributed by atoms with van der Waals surface area (Å²) in [5.74, 6) is 5.26. The van der Waals surface area contributed by atoms with Crippen LogP contribution in [0.5, 0.6) is 0 Å². The van der Waals surface area contributed by atoms with E-state index in [1.165, 1.54) is 6.33 Å². The number of aliphatic hydroxyl groups is 1. The summed E-state index contributed by atoms with van der Waals surface area (Å²) in [5, 5.41) is 9.64. The molecule has 14 heavy (non-hydrogen) atoms. The molecule has 0 fully saturated rings. The quantitative estimate of drug-likeness (QED) is 0.500. The van der Waals surface area contributed by atoms with Crippen LogP contribution in [0.2, 0.25) is 5.15 Å². The summed E-state index contributed by atoms with van der Waals surface area (Å²) in [6.45, 7) is -0.172. The van der Waals surface area contributed by atoms with E-state index in [2.05, 4.69) is 26.8 Å². The Balaban J connectivity index is 2.57. The lowest BCUT2D eigenvalue weighted by atomic mass is 10.3. The molecule has 2 N–H and O–H groups in total. The van der Waals surface area contributed by atoms with Crippen LogP contribution in [-0.2, 0) is 0 Å². The average molecular weight is 208 g/mol. The maximum absolute atomic E-state index is 8.52. The number of halogens is 1. The molecule has 0 atom stereocenters. The molecule has 2 rings (SSSR count). The number of fused-ring (bicyclic) bond motifs is 1. The van der Waals surface area contributed by atoms with E-state index in [-0.39, 0.29) is 6.61 Å². The number of nitrogens with zero attached hydrogens (tertiary/aromatic N) is 2. The van der Waals surface area contributed by atoms with Gasteiger partial charge >= 0.3 is 0 Å². The zero-order valence-corrected chi connectivity index (χ0v) is 7.84. The Hall–Kier alpha value is -1.57. The van der Waals surface area contributed by atoms with Crippen LogP contribution in [0.1, 0.15) is 5.69 Å². The first-order valence-electron chi connectivity index (χ1n) is 3.90. The molecule has 0 spiro atoms. The Morgan fingerprint density at radius 2 is 2.36 bits per heavy atom. The third kappa shape index (κ3) is 1.55. The predicted molar refractivity (Wildman–Crippen MR) is 52.9 cm³/mol. The van der Waals surface area contributed by atoms with Crippen LogP contribution in [0.15, 0.2) is 12.4 Å². The highest BCUT2D eigenvalue weighted by Gasteiger charge is 2.03. The SMILES string of the molecule is OCC#Cc1cc2c(Cl)ncnc2[nH]1. The molecule has 70 valence electrons. The van der Waals surface area contributed by atoms with Crippen molar-refractivity contribution in [2.75, 3.05) is 6.61 Å². The molecule has 2 heterocycles. The molecular weight excluding hydrogens is 202 g/mol. The van der Waals surface area contributed by atoms with E-state index in [0.29, 0.717) is 16.5 Å². The van der Waals surface area contributed by atoms with Crippen molar-refractivity contribution in [3.63, 3.8) is 0 Å². The Morgan fingerprint density at radius 3 is 3.07 bits per heavy atom. The molecule has 0 aliphatic carbocycles. The van der Waals surface area contributed by atoms with Crippen molar-refractivity contribution < 1.29 is 5.11 Å². The van der Waals surface area contributed by atoms with Gasteiger partial charge in [0, 0.05) is 0 Å². The fourth-order valence-electron chi connectivity index (χ4n) is 1.11. The second kappa shape index (κ2) is 3.66. The molecule has 0 bridgehead atoms. The largest absolute Gasteiger partial charge is 0.384 e. The Labute approximate surface area is 85.0 Å². The van der Waals surface area contributed by atoms with Crippen molar-refractivity contribution in [2.45, 2.75) is 0 Å². The maximum Gasteiger partial charge on any atom is 0.143 e. The number of hydrogen-bond donors (Lipinski definition) is 2. The third-order valence-corrected chi connectivity index (χ3v) is 1.98. The predicted octanol–water partition coefficient (Wildman–Crippen LogP) is 0.955. The number of rotatable bonds is 0. The van der Waals surface area contributed by atoms with Crippen molar-refractivity contribution >= 4 is 22.6 Å². The highest BCUT2D eigenvalue weighted by atomic mass is 35.5. The van der Waals surface area contributed by atoms with E-state index < -0.39 is 0 Å². The zero-order valence-electron chi connectivity index (χ0n) is 7.08. The average Bonchev–Trinajstić information content (AvgIpc) is 2.59. The molecule has 0 saturated carbocycles. The summed E-state index contributed by atoms with van der Waals surface area (Å²) in [6, 6.07) is 1.75. The number of nitrogens with one attached hydrogen (secondary N) is 1. The highest BCUT2D eigenvalue weighted by Crippen LogP contribution is 2.19. The molecular formula is C9H6ClN3O. The van der Waals surface area contributed by atoms with Gasteiger partial charge in [0.2, 0.25) is 0 Å². The minimum absolute atomic E-state index is 0.172. The van der Waals surface area contributed by atoms with Gasteiger partial charge in [0.05, 0.1) is 11.1 Å². The molecule has 0 aliphatic heterocycles. The fraction of sp³-hybridized carbons (Fsp3) is 0.111. The van der Waals surface area contributed by atoms with Gasteiger partial charge in [-0.15, -0.1) is 0 Å². The van der Waals surface area contributed by atoms with E-state index in [1.807, 2.05) is 0 Å². The van der Waals surface area contributed by atoms with Gasteiger partial charge in [-0.1, -0.05) is 17.5 Å². The summed E-state index contributed by atoms with van der Waals surface area (Å²) in [7, 11) is 0. The van der Waals surface area contributed by atoms with Gasteiger partial charge in [0.1, 0.15) is 23.7 Å². The molecule has 0 radical (unpaired) electrons. The van der Waals surface area contributed by atoms with Crippen LogP contribution in [0.25, 0.3) is 11.0 Å². The first-order valence-corrected chi connectivity index (χ1v) is 4.28. The van der Waals surface area contributed by atoms with E-state index >= 15 is 0 Å². The third-order valence-electron chi connectivity index (χ3n) is 1.68. The normalized spacial score (nSPS) is 9.86. The van der Waals surface area contributed by atoms with E-state index in [9.17, 15) is 0 Å². The van der Waals surface area contributed by atoms with Gasteiger partial charge in [-0.05, 0) is 12.0 Å². The number of aromatic amines is 1. The van der Waals surface area contributed by atoms with Gasteiger partial charge < -0.3 is 10.1 Å². The molecule has 0 unspecified atom stereocenters. The van der Waals surface area contributed by atoms with Crippen LogP contribution >= 0.6 is 11.6 Å². The van der Waals surface area contributed by atoms with Crippen LogP contribution in [-0.4, -0.2) is 26.7 Å². The minimum atomic E-state index is -0.172. The van der Waals surface area contributed by atoms with Gasteiger partial charge in [-0.2, -0.15) is 0 Å². The molecule has 4 nitrogen and oxygen atoms in total. The summed E-state index contributed by atoms with van der Waals surface area (Å²) in [5.41, 5.74) is 1.31. The first-order chi connectivity index (χ1) is 6.81. The lowest BCUT2D eigenvalue weighted by Crippen LogP contribution is -1.80. The van der Waals surface area contributed by atoms with Crippen LogP contribution in [0.4, 0.5) is 0 Å². The summed E-state index contributed by atoms with van der Waals surface area (Å²) >= 11 is 5.84. The van der Waals surface area contributed by atoms with Crippen molar-refractivity contribution in [1.82, 2.24) is 15.0 Å². The molecule has 2 aromatic rings. The minimum Gasteiger partial charge on any atom is -0.384 e. The standard InChI is InChI=1S/C9H6ClN3O/c10-8-7-4-6(2-1-3-14)13-9(7)12-5-11-8/h4-5,14H,3H2,(H,11,12,13). The fourth-order valence-corrected chi connectivity index (χ4v) is 1.30. The van der Waals surface area contributed by atoms with Crippen molar-refractivity contribution in [3.8, 4) is 11.8 Å². The second-order valence-corrected chi connectivity index (χ2v) is 2.93. The van der Waals surface area contributed by atoms with E-state index in [4.69, 9.17) is 16.7 Å².